The van der Waals surface area contributed by atoms with E-state index in [1.54, 1.807) is 22.8 Å². The smallest absolute Gasteiger partial charge is 0.332 e. The Morgan fingerprint density at radius 1 is 1.21 bits per heavy atom. The number of ether oxygens (including phenoxy) is 1. The van der Waals surface area contributed by atoms with Gasteiger partial charge in [-0.05, 0) is 38.8 Å². The average Bonchev–Trinajstić information content (AvgIpc) is 3.31. The van der Waals surface area contributed by atoms with Crippen molar-refractivity contribution in [1.29, 1.82) is 0 Å². The number of nitrogens with two attached hydrogens (primary N) is 1. The second kappa shape index (κ2) is 11.7. The van der Waals surface area contributed by atoms with Crippen LogP contribution in [0, 0.1) is 0 Å². The number of rotatable bonds is 9. The lowest BCUT2D eigenvalue weighted by Gasteiger charge is -2.31. The number of hydrogen-bond acceptors (Lipinski definition) is 8. The summed E-state index contributed by atoms with van der Waals surface area (Å²) in [6, 6.07) is 6.40. The monoisotopic (exact) mass is 537 g/mol. The number of hydrogen-bond donors (Lipinski definition) is 2. The predicted molar refractivity (Wildman–Crippen MR) is 148 cm³/mol. The second-order valence-electron chi connectivity index (χ2n) is 9.94. The van der Waals surface area contributed by atoms with E-state index in [-0.39, 0.29) is 41.0 Å². The quantitative estimate of drug-likeness (QED) is 0.301. The molecule has 1 saturated heterocycles. The minimum atomic E-state index is -0.654. The van der Waals surface area contributed by atoms with E-state index in [9.17, 15) is 19.2 Å². The third kappa shape index (κ3) is 5.80. The molecular formula is C27H35N7O5. The maximum atomic E-state index is 13.8. The van der Waals surface area contributed by atoms with Gasteiger partial charge in [0.15, 0.2) is 23.6 Å². The van der Waals surface area contributed by atoms with Gasteiger partial charge in [-0.2, -0.15) is 4.98 Å². The van der Waals surface area contributed by atoms with Crippen LogP contribution >= 0.6 is 0 Å². The fourth-order valence-electron chi connectivity index (χ4n) is 4.65. The molecule has 0 unspecified atom stereocenters. The molecule has 2 aromatic heterocycles. The Bertz CT molecular complexity index is 1540. The number of imidazole rings is 1. The van der Waals surface area contributed by atoms with E-state index in [1.807, 2.05) is 24.8 Å². The van der Waals surface area contributed by atoms with Gasteiger partial charge in [0.2, 0.25) is 5.95 Å². The molecule has 3 aromatic rings. The molecular weight excluding hydrogens is 502 g/mol. The number of carbonyl (C=O) groups excluding carboxylic acids is 2. The number of piperidine rings is 1. The SMILES string of the molecule is CNC(=O)COc1ccccc1C(=O)Cn1c(=O)c2c(nc(N3CCC[C@H](N)C3)n2CC=C(C)C)n(C)c1=O. The van der Waals surface area contributed by atoms with Crippen LogP contribution in [0.1, 0.15) is 37.0 Å². The van der Waals surface area contributed by atoms with E-state index in [1.165, 1.54) is 24.7 Å². The first-order valence-electron chi connectivity index (χ1n) is 12.9. The zero-order valence-corrected chi connectivity index (χ0v) is 22.8. The number of nitrogens with zero attached hydrogens (tertiary/aromatic N) is 5. The highest BCUT2D eigenvalue weighted by molar-refractivity contribution is 5.98. The molecule has 12 heteroatoms. The van der Waals surface area contributed by atoms with E-state index in [0.717, 1.165) is 29.5 Å². The lowest BCUT2D eigenvalue weighted by atomic mass is 10.1. The number of aryl methyl sites for hydroxylation is 1. The van der Waals surface area contributed by atoms with Crippen molar-refractivity contribution in [3.63, 3.8) is 0 Å². The fourth-order valence-corrected chi connectivity index (χ4v) is 4.65. The van der Waals surface area contributed by atoms with Crippen molar-refractivity contribution in [2.45, 2.75) is 45.8 Å². The van der Waals surface area contributed by atoms with Gasteiger partial charge in [0.1, 0.15) is 5.75 Å². The van der Waals surface area contributed by atoms with Crippen molar-refractivity contribution < 1.29 is 14.3 Å². The number of benzene rings is 1. The number of allylic oxidation sites excluding steroid dienone is 2. The largest absolute Gasteiger partial charge is 0.483 e. The van der Waals surface area contributed by atoms with Crippen molar-refractivity contribution in [2.24, 2.45) is 12.8 Å². The average molecular weight is 538 g/mol. The van der Waals surface area contributed by atoms with Gasteiger partial charge in [0.25, 0.3) is 11.5 Å². The van der Waals surface area contributed by atoms with Crippen molar-refractivity contribution in [3.05, 3.63) is 62.3 Å². The summed E-state index contributed by atoms with van der Waals surface area (Å²) in [6.07, 6.45) is 3.78. The predicted octanol–water partition coefficient (Wildman–Crippen LogP) is 0.798. The van der Waals surface area contributed by atoms with Crippen LogP contribution in [0.5, 0.6) is 5.75 Å². The molecule has 1 aliphatic heterocycles. The number of aromatic nitrogens is 4. The van der Waals surface area contributed by atoms with Crippen LogP contribution in [0.4, 0.5) is 5.95 Å². The molecule has 208 valence electrons. The Labute approximate surface area is 225 Å². The maximum absolute atomic E-state index is 13.8. The molecule has 4 rings (SSSR count). The first kappa shape index (κ1) is 27.8. The third-order valence-corrected chi connectivity index (χ3v) is 6.76. The topological polar surface area (TPSA) is 146 Å². The lowest BCUT2D eigenvalue weighted by Crippen LogP contribution is -2.44. The first-order valence-corrected chi connectivity index (χ1v) is 12.9. The van der Waals surface area contributed by atoms with Crippen molar-refractivity contribution >= 4 is 28.8 Å². The molecule has 3 heterocycles. The number of Topliss-reactive ketones (excluding diaryl/α,β-unsaturated/α-hetero) is 1. The number of anilines is 1. The van der Waals surface area contributed by atoms with Gasteiger partial charge >= 0.3 is 5.69 Å². The van der Waals surface area contributed by atoms with Crippen LogP contribution in [-0.2, 0) is 24.9 Å². The van der Waals surface area contributed by atoms with Gasteiger partial charge in [0, 0.05) is 39.8 Å². The number of carbonyl (C=O) groups is 2. The molecule has 1 fully saturated rings. The Balaban J connectivity index is 1.80. The van der Waals surface area contributed by atoms with Crippen LogP contribution < -0.4 is 31.9 Å². The van der Waals surface area contributed by atoms with Gasteiger partial charge in [-0.3, -0.25) is 23.5 Å². The molecule has 0 saturated carbocycles. The second-order valence-corrected chi connectivity index (χ2v) is 9.94. The maximum Gasteiger partial charge on any atom is 0.332 e. The molecule has 1 aromatic carbocycles. The van der Waals surface area contributed by atoms with Gasteiger partial charge in [-0.25, -0.2) is 4.79 Å². The molecule has 0 spiro atoms. The number of likely N-dealkylation sites (N-methyl/N-ethyl adjacent to an activating group) is 1. The van der Waals surface area contributed by atoms with Crippen LogP contribution in [0.3, 0.4) is 0 Å². The minimum Gasteiger partial charge on any atom is -0.483 e. The normalized spacial score (nSPS) is 15.3. The molecule has 1 amide bonds. The van der Waals surface area contributed by atoms with E-state index in [4.69, 9.17) is 15.5 Å². The summed E-state index contributed by atoms with van der Waals surface area (Å²) in [6.45, 7) is 4.85. The van der Waals surface area contributed by atoms with Crippen LogP contribution in [-0.4, -0.2) is 63.2 Å². The molecule has 0 aliphatic carbocycles. The molecule has 1 aliphatic rings. The van der Waals surface area contributed by atoms with Gasteiger partial charge in [-0.1, -0.05) is 23.8 Å². The Hall–Kier alpha value is -4.19. The van der Waals surface area contributed by atoms with Crippen LogP contribution in [0.25, 0.3) is 11.2 Å². The minimum absolute atomic E-state index is 0.0146. The highest BCUT2D eigenvalue weighted by atomic mass is 16.5. The van der Waals surface area contributed by atoms with Gasteiger partial charge < -0.3 is 25.3 Å². The van der Waals surface area contributed by atoms with E-state index >= 15 is 0 Å². The summed E-state index contributed by atoms with van der Waals surface area (Å²) in [5.74, 6) is -0.0994. The molecule has 0 bridgehead atoms. The van der Waals surface area contributed by atoms with Crippen molar-refractivity contribution in [3.8, 4) is 5.75 Å². The van der Waals surface area contributed by atoms with E-state index in [0.29, 0.717) is 19.0 Å². The van der Waals surface area contributed by atoms with E-state index in [2.05, 4.69) is 5.32 Å². The molecule has 12 nitrogen and oxygen atoms in total. The lowest BCUT2D eigenvalue weighted by molar-refractivity contribution is -0.122. The zero-order valence-electron chi connectivity index (χ0n) is 22.8. The number of para-hydroxylation sites is 1. The molecule has 39 heavy (non-hydrogen) atoms. The van der Waals surface area contributed by atoms with Gasteiger partial charge in [0.05, 0.1) is 12.1 Å². The Morgan fingerprint density at radius 2 is 1.95 bits per heavy atom. The van der Waals surface area contributed by atoms with Crippen molar-refractivity contribution in [2.75, 3.05) is 31.6 Å². The Morgan fingerprint density at radius 3 is 2.64 bits per heavy atom. The van der Waals surface area contributed by atoms with E-state index < -0.39 is 23.6 Å². The summed E-state index contributed by atoms with van der Waals surface area (Å²) in [7, 11) is 3.02. The highest BCUT2D eigenvalue weighted by Crippen LogP contribution is 2.24. The number of nitrogens with one attached hydrogen (secondary N) is 1. The summed E-state index contributed by atoms with van der Waals surface area (Å²) >= 11 is 0. The number of fused-ring (bicyclic) bond motifs is 1. The third-order valence-electron chi connectivity index (χ3n) is 6.76. The van der Waals surface area contributed by atoms with Gasteiger partial charge in [-0.15, -0.1) is 0 Å². The Kier molecular flexibility index (Phi) is 8.34. The summed E-state index contributed by atoms with van der Waals surface area (Å²) in [5.41, 5.74) is 6.68. The highest BCUT2D eigenvalue weighted by Gasteiger charge is 2.27. The summed E-state index contributed by atoms with van der Waals surface area (Å²) < 4.78 is 9.53. The molecule has 3 N–H and O–H groups in total. The van der Waals surface area contributed by atoms with Crippen molar-refractivity contribution in [1.82, 2.24) is 24.0 Å². The number of amides is 1. The van der Waals surface area contributed by atoms with Crippen LogP contribution in [0.2, 0.25) is 0 Å². The standard InChI is InChI=1S/C27H35N7O5/c1-17(2)11-13-33-23-24(30-26(33)32-12-7-8-18(28)14-32)31(4)27(38)34(25(23)37)15-20(35)19-9-5-6-10-21(19)39-16-22(36)29-3/h5-6,9-11,18H,7-8,12-16,28H2,1-4H3,(H,29,36)/t18-/m0/s1. The molecule has 1 atom stereocenters. The first-order chi connectivity index (χ1) is 18.6. The number of ketones is 1. The van der Waals surface area contributed by atoms with Crippen LogP contribution in [0.15, 0.2) is 45.5 Å². The fraction of sp³-hybridized carbons (Fsp3) is 0.444. The zero-order chi connectivity index (χ0) is 28.3. The summed E-state index contributed by atoms with van der Waals surface area (Å²) in [4.78, 5) is 58.9. The summed E-state index contributed by atoms with van der Waals surface area (Å²) in [5, 5.41) is 2.45. The molecule has 0 radical (unpaired) electrons.